The predicted molar refractivity (Wildman–Crippen MR) is 83.6 cm³/mol. The van der Waals surface area contributed by atoms with Crippen molar-refractivity contribution in [1.29, 1.82) is 0 Å². The molecule has 112 valence electrons. The Balaban J connectivity index is 2.17. The summed E-state index contributed by atoms with van der Waals surface area (Å²) in [5.74, 6) is 0. The topological polar surface area (TPSA) is 15.3 Å². The minimum atomic E-state index is 0.405. The fourth-order valence-electron chi connectivity index (χ4n) is 4.49. The number of hydrogen-bond donors (Lipinski definition) is 1. The summed E-state index contributed by atoms with van der Waals surface area (Å²) < 4.78 is 0. The molecule has 1 heterocycles. The monoisotopic (exact) mass is 266 g/mol. The molecule has 2 heteroatoms. The summed E-state index contributed by atoms with van der Waals surface area (Å²) in [6, 6.07) is 0.740. The number of nitrogens with one attached hydrogen (secondary N) is 1. The van der Waals surface area contributed by atoms with Gasteiger partial charge in [0.15, 0.2) is 0 Å². The van der Waals surface area contributed by atoms with Crippen LogP contribution in [0.2, 0.25) is 0 Å². The lowest BCUT2D eigenvalue weighted by Gasteiger charge is -2.56. The zero-order chi connectivity index (χ0) is 13.9. The molecule has 1 atom stereocenters. The second-order valence-corrected chi connectivity index (χ2v) is 7.04. The molecular formula is C17H34N2. The second-order valence-electron chi connectivity index (χ2n) is 7.04. The Morgan fingerprint density at radius 2 is 1.74 bits per heavy atom. The van der Waals surface area contributed by atoms with Gasteiger partial charge in [-0.2, -0.15) is 0 Å². The first-order chi connectivity index (χ1) is 9.11. The molecule has 0 bridgehead atoms. The molecule has 0 radical (unpaired) electrons. The summed E-state index contributed by atoms with van der Waals surface area (Å²) in [4.78, 5) is 2.89. The molecule has 1 saturated carbocycles. The van der Waals surface area contributed by atoms with Crippen molar-refractivity contribution in [2.45, 2.75) is 96.2 Å². The Bertz CT molecular complexity index is 277. The molecule has 1 aliphatic carbocycles. The maximum atomic E-state index is 3.97. The van der Waals surface area contributed by atoms with E-state index in [1.165, 1.54) is 64.5 Å². The zero-order valence-electron chi connectivity index (χ0n) is 13.6. The van der Waals surface area contributed by atoms with Gasteiger partial charge >= 0.3 is 0 Å². The number of piperazine rings is 1. The van der Waals surface area contributed by atoms with E-state index in [0.717, 1.165) is 6.04 Å². The fraction of sp³-hybridized carbons (Fsp3) is 1.00. The van der Waals surface area contributed by atoms with Crippen molar-refractivity contribution in [3.05, 3.63) is 0 Å². The molecule has 2 aliphatic rings. The molecule has 0 aromatic carbocycles. The molecular weight excluding hydrogens is 232 g/mol. The van der Waals surface area contributed by atoms with Crippen LogP contribution < -0.4 is 5.32 Å². The van der Waals surface area contributed by atoms with Crippen LogP contribution in [0.3, 0.4) is 0 Å². The SMILES string of the molecule is CCCC(C)N1CC2(CCCC2)NCC1(CC)CC. The first kappa shape index (κ1) is 15.3. The molecule has 19 heavy (non-hydrogen) atoms. The van der Waals surface area contributed by atoms with Gasteiger partial charge in [-0.1, -0.05) is 40.0 Å². The van der Waals surface area contributed by atoms with Gasteiger partial charge in [0, 0.05) is 30.2 Å². The minimum Gasteiger partial charge on any atom is -0.308 e. The third-order valence-electron chi connectivity index (χ3n) is 5.99. The van der Waals surface area contributed by atoms with Crippen molar-refractivity contribution < 1.29 is 0 Å². The highest BCUT2D eigenvalue weighted by Crippen LogP contribution is 2.39. The van der Waals surface area contributed by atoms with Crippen molar-refractivity contribution in [1.82, 2.24) is 10.2 Å². The normalized spacial score (nSPS) is 27.8. The highest BCUT2D eigenvalue weighted by Gasteiger charge is 2.47. The first-order valence-electron chi connectivity index (χ1n) is 8.63. The highest BCUT2D eigenvalue weighted by atomic mass is 15.3. The summed E-state index contributed by atoms with van der Waals surface area (Å²) in [7, 11) is 0. The lowest BCUT2D eigenvalue weighted by molar-refractivity contribution is -0.0291. The molecule has 0 aromatic rings. The average molecular weight is 266 g/mol. The molecule has 2 rings (SSSR count). The van der Waals surface area contributed by atoms with E-state index >= 15 is 0 Å². The third kappa shape index (κ3) is 2.85. The Labute approximate surface area is 120 Å². The highest BCUT2D eigenvalue weighted by molar-refractivity contribution is 5.07. The van der Waals surface area contributed by atoms with Gasteiger partial charge in [-0.15, -0.1) is 0 Å². The van der Waals surface area contributed by atoms with Gasteiger partial charge in [0.1, 0.15) is 0 Å². The molecule has 1 saturated heterocycles. The smallest absolute Gasteiger partial charge is 0.0332 e. The van der Waals surface area contributed by atoms with E-state index in [9.17, 15) is 0 Å². The van der Waals surface area contributed by atoms with E-state index in [-0.39, 0.29) is 0 Å². The van der Waals surface area contributed by atoms with Gasteiger partial charge in [-0.05, 0) is 39.0 Å². The Morgan fingerprint density at radius 1 is 1.11 bits per heavy atom. The van der Waals surface area contributed by atoms with E-state index < -0.39 is 0 Å². The van der Waals surface area contributed by atoms with Gasteiger partial charge in [0.05, 0.1) is 0 Å². The quantitative estimate of drug-likeness (QED) is 0.810. The lowest BCUT2D eigenvalue weighted by Crippen LogP contribution is -2.70. The van der Waals surface area contributed by atoms with E-state index in [1.54, 1.807) is 0 Å². The molecule has 0 aromatic heterocycles. The van der Waals surface area contributed by atoms with Crippen LogP contribution in [-0.2, 0) is 0 Å². The molecule has 1 N–H and O–H groups in total. The first-order valence-corrected chi connectivity index (χ1v) is 8.63. The summed E-state index contributed by atoms with van der Waals surface area (Å²) in [5.41, 5.74) is 0.859. The number of hydrogen-bond acceptors (Lipinski definition) is 2. The Kier molecular flexibility index (Phi) is 4.94. The number of nitrogens with zero attached hydrogens (tertiary/aromatic N) is 1. The summed E-state index contributed by atoms with van der Waals surface area (Å²) in [6.45, 7) is 12.0. The van der Waals surface area contributed by atoms with Crippen molar-refractivity contribution in [3.8, 4) is 0 Å². The van der Waals surface area contributed by atoms with Crippen LogP contribution in [-0.4, -0.2) is 35.1 Å². The van der Waals surface area contributed by atoms with Gasteiger partial charge in [0.25, 0.3) is 0 Å². The van der Waals surface area contributed by atoms with E-state index in [0.29, 0.717) is 11.1 Å². The lowest BCUT2D eigenvalue weighted by atomic mass is 9.80. The van der Waals surface area contributed by atoms with Gasteiger partial charge in [-0.3, -0.25) is 4.90 Å². The van der Waals surface area contributed by atoms with Gasteiger partial charge in [-0.25, -0.2) is 0 Å². The average Bonchev–Trinajstić information content (AvgIpc) is 2.88. The van der Waals surface area contributed by atoms with E-state index in [4.69, 9.17) is 0 Å². The zero-order valence-corrected chi connectivity index (χ0v) is 13.6. The van der Waals surface area contributed by atoms with Crippen molar-refractivity contribution in [2.75, 3.05) is 13.1 Å². The van der Waals surface area contributed by atoms with Crippen molar-refractivity contribution in [2.24, 2.45) is 0 Å². The van der Waals surface area contributed by atoms with Crippen LogP contribution in [0.25, 0.3) is 0 Å². The largest absolute Gasteiger partial charge is 0.308 e. The van der Waals surface area contributed by atoms with Gasteiger partial charge in [0.2, 0.25) is 0 Å². The second kappa shape index (κ2) is 6.13. The van der Waals surface area contributed by atoms with Crippen LogP contribution in [0.4, 0.5) is 0 Å². The third-order valence-corrected chi connectivity index (χ3v) is 5.99. The van der Waals surface area contributed by atoms with Crippen LogP contribution in [0.1, 0.15) is 79.1 Å². The molecule has 1 aliphatic heterocycles. The minimum absolute atomic E-state index is 0.405. The van der Waals surface area contributed by atoms with Crippen LogP contribution in [0.5, 0.6) is 0 Å². The van der Waals surface area contributed by atoms with Crippen LogP contribution in [0, 0.1) is 0 Å². The Hall–Kier alpha value is -0.0800. The molecule has 0 amide bonds. The summed E-state index contributed by atoms with van der Waals surface area (Å²) in [6.07, 6.45) is 10.8. The maximum Gasteiger partial charge on any atom is 0.0332 e. The van der Waals surface area contributed by atoms with E-state index in [2.05, 4.69) is 37.9 Å². The van der Waals surface area contributed by atoms with Crippen LogP contribution in [0.15, 0.2) is 0 Å². The molecule has 2 fully saturated rings. The van der Waals surface area contributed by atoms with Crippen LogP contribution >= 0.6 is 0 Å². The van der Waals surface area contributed by atoms with Crippen molar-refractivity contribution >= 4 is 0 Å². The van der Waals surface area contributed by atoms with Gasteiger partial charge < -0.3 is 5.32 Å². The predicted octanol–water partition coefficient (Wildman–Crippen LogP) is 3.95. The molecule has 1 unspecified atom stereocenters. The Morgan fingerprint density at radius 3 is 2.26 bits per heavy atom. The molecule has 1 spiro atoms. The van der Waals surface area contributed by atoms with E-state index in [1.807, 2.05) is 0 Å². The standard InChI is InChI=1S/C17H34N2/c1-5-10-15(4)19-14-16(11-8-9-12-16)18-13-17(19,6-2)7-3/h15,18H,5-14H2,1-4H3. The number of rotatable bonds is 5. The maximum absolute atomic E-state index is 3.97. The van der Waals surface area contributed by atoms with Crippen molar-refractivity contribution in [3.63, 3.8) is 0 Å². The summed E-state index contributed by atoms with van der Waals surface area (Å²) >= 11 is 0. The molecule has 2 nitrogen and oxygen atoms in total. The summed E-state index contributed by atoms with van der Waals surface area (Å²) in [5, 5.41) is 3.97. The fourth-order valence-corrected chi connectivity index (χ4v) is 4.49.